The zero-order chi connectivity index (χ0) is 18.1. The van der Waals surface area contributed by atoms with Gasteiger partial charge in [-0.25, -0.2) is 13.9 Å². The van der Waals surface area contributed by atoms with Crippen LogP contribution in [0.25, 0.3) is 16.9 Å². The van der Waals surface area contributed by atoms with E-state index in [1.807, 2.05) is 12.1 Å². The molecule has 2 aromatic carbocycles. The van der Waals surface area contributed by atoms with Crippen LogP contribution in [0.3, 0.4) is 0 Å². The van der Waals surface area contributed by atoms with Crippen LogP contribution in [0.2, 0.25) is 0 Å². The molecule has 0 atom stereocenters. The summed E-state index contributed by atoms with van der Waals surface area (Å²) in [5, 5.41) is 17.4. The Morgan fingerprint density at radius 3 is 2.81 bits per heavy atom. The van der Waals surface area contributed by atoms with Gasteiger partial charge in [-0.3, -0.25) is 0 Å². The van der Waals surface area contributed by atoms with Crippen LogP contribution in [-0.4, -0.2) is 27.4 Å². The first-order valence-electron chi connectivity index (χ1n) is 8.59. The summed E-state index contributed by atoms with van der Waals surface area (Å²) in [6, 6.07) is 13.1. The number of rotatable bonds is 3. The first-order chi connectivity index (χ1) is 12.6. The van der Waals surface area contributed by atoms with Crippen molar-refractivity contribution in [3.05, 3.63) is 65.5 Å². The van der Waals surface area contributed by atoms with Gasteiger partial charge in [0.15, 0.2) is 0 Å². The van der Waals surface area contributed by atoms with Gasteiger partial charge in [0.25, 0.3) is 0 Å². The minimum Gasteiger partial charge on any atom is -0.478 e. The Hall–Kier alpha value is -3.15. The lowest BCUT2D eigenvalue weighted by molar-refractivity contribution is 0.0697. The van der Waals surface area contributed by atoms with Gasteiger partial charge < -0.3 is 10.4 Å². The Morgan fingerprint density at radius 2 is 2.00 bits per heavy atom. The van der Waals surface area contributed by atoms with Gasteiger partial charge in [0.1, 0.15) is 11.6 Å². The maximum atomic E-state index is 13.7. The smallest absolute Gasteiger partial charge is 0.335 e. The Bertz CT molecular complexity index is 981. The van der Waals surface area contributed by atoms with Gasteiger partial charge in [-0.05, 0) is 49.6 Å². The van der Waals surface area contributed by atoms with Crippen molar-refractivity contribution in [1.82, 2.24) is 9.78 Å². The summed E-state index contributed by atoms with van der Waals surface area (Å²) in [4.78, 5) is 11.3. The lowest BCUT2D eigenvalue weighted by Gasteiger charge is -2.09. The zero-order valence-corrected chi connectivity index (χ0v) is 14.1. The normalized spacial score (nSPS) is 13.6. The van der Waals surface area contributed by atoms with Crippen molar-refractivity contribution in [3.63, 3.8) is 0 Å². The van der Waals surface area contributed by atoms with E-state index < -0.39 is 5.97 Å². The highest BCUT2D eigenvalue weighted by Crippen LogP contribution is 2.34. The molecule has 2 heterocycles. The van der Waals surface area contributed by atoms with Crippen molar-refractivity contribution in [2.24, 2.45) is 0 Å². The second-order valence-electron chi connectivity index (χ2n) is 6.34. The Morgan fingerprint density at radius 1 is 1.15 bits per heavy atom. The SMILES string of the molecule is O=C(O)c1cccc(-n2nc(-c3cccc(F)c3)c3c2NCCCC3)c1. The van der Waals surface area contributed by atoms with Gasteiger partial charge >= 0.3 is 5.97 Å². The van der Waals surface area contributed by atoms with Crippen LogP contribution >= 0.6 is 0 Å². The molecule has 0 spiro atoms. The van der Waals surface area contributed by atoms with Gasteiger partial charge in [0.2, 0.25) is 0 Å². The van der Waals surface area contributed by atoms with Crippen molar-refractivity contribution in [1.29, 1.82) is 0 Å². The van der Waals surface area contributed by atoms with E-state index in [9.17, 15) is 14.3 Å². The van der Waals surface area contributed by atoms with E-state index in [2.05, 4.69) is 5.32 Å². The summed E-state index contributed by atoms with van der Waals surface area (Å²) < 4.78 is 15.5. The van der Waals surface area contributed by atoms with Gasteiger partial charge in [0.05, 0.1) is 16.9 Å². The highest BCUT2D eigenvalue weighted by molar-refractivity contribution is 5.88. The molecule has 0 saturated carbocycles. The molecule has 0 aliphatic carbocycles. The molecule has 1 aromatic heterocycles. The summed E-state index contributed by atoms with van der Waals surface area (Å²) in [5.41, 5.74) is 3.35. The van der Waals surface area contributed by atoms with Crippen molar-refractivity contribution >= 4 is 11.8 Å². The highest BCUT2D eigenvalue weighted by Gasteiger charge is 2.22. The molecule has 0 unspecified atom stereocenters. The minimum absolute atomic E-state index is 0.202. The number of nitrogens with zero attached hydrogens (tertiary/aromatic N) is 2. The number of aromatic nitrogens is 2. The molecule has 0 fully saturated rings. The number of carboxylic acids is 1. The second kappa shape index (κ2) is 6.63. The Labute approximate surface area is 150 Å². The second-order valence-corrected chi connectivity index (χ2v) is 6.34. The average Bonchev–Trinajstić information content (AvgIpc) is 2.83. The fourth-order valence-electron chi connectivity index (χ4n) is 3.33. The molecule has 0 amide bonds. The molecule has 5 nitrogen and oxygen atoms in total. The topological polar surface area (TPSA) is 67.1 Å². The molecule has 6 heteroatoms. The summed E-state index contributed by atoms with van der Waals surface area (Å²) in [6.07, 6.45) is 2.89. The van der Waals surface area contributed by atoms with E-state index in [1.165, 1.54) is 12.1 Å². The molecule has 26 heavy (non-hydrogen) atoms. The summed E-state index contributed by atoms with van der Waals surface area (Å²) in [6.45, 7) is 0.819. The van der Waals surface area contributed by atoms with Crippen molar-refractivity contribution in [3.8, 4) is 16.9 Å². The van der Waals surface area contributed by atoms with Crippen LogP contribution in [0.5, 0.6) is 0 Å². The van der Waals surface area contributed by atoms with Gasteiger partial charge in [-0.15, -0.1) is 0 Å². The summed E-state index contributed by atoms with van der Waals surface area (Å²) in [7, 11) is 0. The third kappa shape index (κ3) is 2.94. The number of carboxylic acid groups (broad SMARTS) is 1. The van der Waals surface area contributed by atoms with Crippen LogP contribution in [0.15, 0.2) is 48.5 Å². The van der Waals surface area contributed by atoms with Crippen molar-refractivity contribution in [2.75, 3.05) is 11.9 Å². The number of halogens is 1. The lowest BCUT2D eigenvalue weighted by atomic mass is 10.0. The average molecular weight is 351 g/mol. The monoisotopic (exact) mass is 351 g/mol. The molecule has 2 N–H and O–H groups in total. The number of aromatic carboxylic acids is 1. The fraction of sp³-hybridized carbons (Fsp3) is 0.200. The van der Waals surface area contributed by atoms with E-state index in [0.717, 1.165) is 48.4 Å². The molecular weight excluding hydrogens is 333 g/mol. The number of anilines is 1. The third-order valence-electron chi connectivity index (χ3n) is 4.57. The minimum atomic E-state index is -0.983. The van der Waals surface area contributed by atoms with Gasteiger partial charge in [-0.2, -0.15) is 5.10 Å². The molecule has 132 valence electrons. The van der Waals surface area contributed by atoms with E-state index in [-0.39, 0.29) is 11.4 Å². The number of hydrogen-bond donors (Lipinski definition) is 2. The molecule has 0 saturated heterocycles. The third-order valence-corrected chi connectivity index (χ3v) is 4.57. The van der Waals surface area contributed by atoms with E-state index >= 15 is 0 Å². The van der Waals surface area contributed by atoms with Gasteiger partial charge in [0, 0.05) is 17.7 Å². The van der Waals surface area contributed by atoms with Crippen LogP contribution in [0.1, 0.15) is 28.8 Å². The quantitative estimate of drug-likeness (QED) is 0.745. The standard InChI is InChI=1S/C20H18FN3O2/c21-15-7-3-5-13(11-15)18-17-9-1-2-10-22-19(17)24(23-18)16-8-4-6-14(12-16)20(25)26/h3-8,11-12,22H,1-2,9-10H2,(H,25,26). The highest BCUT2D eigenvalue weighted by atomic mass is 19.1. The number of carbonyl (C=O) groups is 1. The number of nitrogens with one attached hydrogen (secondary N) is 1. The van der Waals surface area contributed by atoms with Crippen LogP contribution in [-0.2, 0) is 6.42 Å². The number of hydrogen-bond acceptors (Lipinski definition) is 3. The molecule has 1 aliphatic rings. The molecule has 4 rings (SSSR count). The van der Waals surface area contributed by atoms with Crippen molar-refractivity contribution in [2.45, 2.75) is 19.3 Å². The molecular formula is C20H18FN3O2. The van der Waals surface area contributed by atoms with Crippen LogP contribution in [0, 0.1) is 5.82 Å². The Balaban J connectivity index is 1.90. The van der Waals surface area contributed by atoms with E-state index in [1.54, 1.807) is 28.9 Å². The first kappa shape index (κ1) is 16.3. The van der Waals surface area contributed by atoms with E-state index in [4.69, 9.17) is 5.10 Å². The first-order valence-corrected chi connectivity index (χ1v) is 8.59. The Kier molecular flexibility index (Phi) is 4.16. The lowest BCUT2D eigenvalue weighted by Crippen LogP contribution is -2.08. The van der Waals surface area contributed by atoms with Crippen molar-refractivity contribution < 1.29 is 14.3 Å². The molecule has 1 aliphatic heterocycles. The molecule has 0 radical (unpaired) electrons. The van der Waals surface area contributed by atoms with E-state index in [0.29, 0.717) is 5.69 Å². The van der Waals surface area contributed by atoms with Crippen LogP contribution < -0.4 is 5.32 Å². The number of fused-ring (bicyclic) bond motifs is 1. The number of benzene rings is 2. The zero-order valence-electron chi connectivity index (χ0n) is 14.1. The maximum Gasteiger partial charge on any atom is 0.335 e. The molecule has 0 bridgehead atoms. The predicted molar refractivity (Wildman–Crippen MR) is 97.3 cm³/mol. The largest absolute Gasteiger partial charge is 0.478 e. The van der Waals surface area contributed by atoms with Gasteiger partial charge in [-0.1, -0.05) is 18.2 Å². The molecule has 3 aromatic rings. The summed E-state index contributed by atoms with van der Waals surface area (Å²) in [5.74, 6) is -0.437. The maximum absolute atomic E-state index is 13.7. The fourth-order valence-corrected chi connectivity index (χ4v) is 3.33. The summed E-state index contributed by atoms with van der Waals surface area (Å²) >= 11 is 0. The predicted octanol–water partition coefficient (Wildman–Crippen LogP) is 4.12. The van der Waals surface area contributed by atoms with Crippen LogP contribution in [0.4, 0.5) is 10.2 Å².